The molecule has 3 aromatic carbocycles. The van der Waals surface area contributed by atoms with Crippen molar-refractivity contribution in [2.75, 3.05) is 37.5 Å². The van der Waals surface area contributed by atoms with E-state index >= 15 is 0 Å². The van der Waals surface area contributed by atoms with Gasteiger partial charge in [-0.05, 0) is 122 Å². The molecule has 270 valence electrons. The van der Waals surface area contributed by atoms with Crippen molar-refractivity contribution in [3.63, 3.8) is 0 Å². The van der Waals surface area contributed by atoms with Gasteiger partial charge in [-0.2, -0.15) is 0 Å². The molecule has 5 atom stereocenters. The van der Waals surface area contributed by atoms with Crippen molar-refractivity contribution < 1.29 is 23.3 Å². The van der Waals surface area contributed by atoms with Crippen LogP contribution in [0.15, 0.2) is 77.2 Å². The van der Waals surface area contributed by atoms with E-state index in [1.807, 2.05) is 30.3 Å². The number of carbonyl (C=O) groups excluding carboxylic acids is 2. The Kier molecular flexibility index (Phi) is 10.8. The molecule has 0 aromatic heterocycles. The maximum absolute atomic E-state index is 14.3. The SMILES string of the molecule is CO[C@H]1/C=C/CCCS(=O)(NC(=O)CCc2ccc(Cl)cc2)=NC(=O)c2ccc3c(c2)N(C[C@@H]2CC[C@H]21)C[C@@]1(CCCc2cc(Cl)ccc21)CO3. The van der Waals surface area contributed by atoms with Gasteiger partial charge in [0, 0.05) is 47.6 Å². The van der Waals surface area contributed by atoms with E-state index in [4.69, 9.17) is 32.7 Å². The van der Waals surface area contributed by atoms with Crippen LogP contribution in [-0.2, 0) is 37.7 Å². The molecule has 2 aliphatic heterocycles. The Hall–Kier alpha value is -3.37. The van der Waals surface area contributed by atoms with Gasteiger partial charge in [-0.3, -0.25) is 14.3 Å². The Labute approximate surface area is 311 Å². The van der Waals surface area contributed by atoms with Gasteiger partial charge >= 0.3 is 0 Å². The number of nitrogens with one attached hydrogen (secondary N) is 1. The molecule has 7 rings (SSSR count). The maximum atomic E-state index is 14.3. The van der Waals surface area contributed by atoms with Crippen LogP contribution >= 0.6 is 23.2 Å². The number of fused-ring (bicyclic) bond motifs is 4. The lowest BCUT2D eigenvalue weighted by Gasteiger charge is -2.46. The molecule has 8 nitrogen and oxygen atoms in total. The van der Waals surface area contributed by atoms with Gasteiger partial charge in [0.25, 0.3) is 5.91 Å². The minimum absolute atomic E-state index is 0.0413. The lowest BCUT2D eigenvalue weighted by molar-refractivity contribution is -0.119. The first-order valence-corrected chi connectivity index (χ1v) is 20.4. The summed E-state index contributed by atoms with van der Waals surface area (Å²) in [4.78, 5) is 29.4. The van der Waals surface area contributed by atoms with Crippen LogP contribution in [0.4, 0.5) is 5.69 Å². The highest BCUT2D eigenvalue weighted by atomic mass is 35.5. The molecule has 2 bridgehead atoms. The lowest BCUT2D eigenvalue weighted by atomic mass is 9.68. The zero-order chi connectivity index (χ0) is 35.6. The second kappa shape index (κ2) is 15.3. The number of halogens is 2. The molecule has 3 aromatic rings. The van der Waals surface area contributed by atoms with Crippen molar-refractivity contribution in [3.8, 4) is 5.75 Å². The van der Waals surface area contributed by atoms with Crippen LogP contribution in [0.25, 0.3) is 0 Å². The minimum Gasteiger partial charge on any atom is -0.490 e. The van der Waals surface area contributed by atoms with Gasteiger partial charge in [0.2, 0.25) is 5.91 Å². The number of hydrogen-bond donors (Lipinski definition) is 1. The van der Waals surface area contributed by atoms with Crippen molar-refractivity contribution in [2.24, 2.45) is 16.2 Å². The molecule has 1 unspecified atom stereocenters. The number of allylic oxidation sites excluding steroid dienone is 1. The van der Waals surface area contributed by atoms with E-state index in [0.717, 1.165) is 61.5 Å². The summed E-state index contributed by atoms with van der Waals surface area (Å²) in [5.74, 6) is 0.458. The number of rotatable bonds is 5. The highest BCUT2D eigenvalue weighted by Crippen LogP contribution is 2.47. The lowest BCUT2D eigenvalue weighted by Crippen LogP contribution is -2.49. The minimum atomic E-state index is -3.42. The predicted octanol–water partition coefficient (Wildman–Crippen LogP) is 8.13. The Morgan fingerprint density at radius 2 is 1.90 bits per heavy atom. The van der Waals surface area contributed by atoms with Crippen molar-refractivity contribution in [2.45, 2.75) is 69.3 Å². The average molecular weight is 751 g/mol. The molecule has 1 saturated carbocycles. The molecule has 4 aliphatic rings. The standard InChI is InChI=1S/C40H45Cl2N3O5S/c1-49-36-7-3-2-4-21-51(48,43-38(46)19-10-27-8-13-31(41)14-9-27)44-39(47)29-12-18-37-35(23-29)45(24-30-11-16-33(30)36)25-40(26-50-37)20-5-6-28-22-32(42)15-17-34(28)40/h3,7-9,12-15,17-18,22-23,30,33,36H,2,4-6,10-11,16,19-21,24-26H2,1H3,(H,43,44,46,47,48)/b7-3+/t30-,33+,36-,40-,51?/m0/s1. The Morgan fingerprint density at radius 3 is 2.69 bits per heavy atom. The third-order valence-corrected chi connectivity index (χ3v) is 13.4. The zero-order valence-corrected chi connectivity index (χ0v) is 31.3. The van der Waals surface area contributed by atoms with Crippen LogP contribution in [0.1, 0.15) is 72.0 Å². The summed E-state index contributed by atoms with van der Waals surface area (Å²) in [6.45, 7) is 2.02. The fourth-order valence-corrected chi connectivity index (χ4v) is 10.2. The van der Waals surface area contributed by atoms with Crippen LogP contribution in [-0.4, -0.2) is 54.7 Å². The van der Waals surface area contributed by atoms with Crippen molar-refractivity contribution >= 4 is 50.6 Å². The predicted molar refractivity (Wildman–Crippen MR) is 203 cm³/mol. The van der Waals surface area contributed by atoms with Gasteiger partial charge in [0.15, 0.2) is 0 Å². The Bertz CT molecular complexity index is 1940. The maximum Gasteiger partial charge on any atom is 0.286 e. The molecule has 11 heteroatoms. The number of aryl methyl sites for hydroxylation is 2. The normalized spacial score (nSPS) is 28.3. The van der Waals surface area contributed by atoms with Gasteiger partial charge in [-0.15, -0.1) is 4.36 Å². The first-order chi connectivity index (χ1) is 24.6. The van der Waals surface area contributed by atoms with Crippen LogP contribution in [0.3, 0.4) is 0 Å². The summed E-state index contributed by atoms with van der Waals surface area (Å²) in [7, 11) is -1.66. The summed E-state index contributed by atoms with van der Waals surface area (Å²) >= 11 is 12.5. The summed E-state index contributed by atoms with van der Waals surface area (Å²) in [6.07, 6.45) is 10.9. The van der Waals surface area contributed by atoms with E-state index in [9.17, 15) is 13.8 Å². The smallest absolute Gasteiger partial charge is 0.286 e. The molecule has 51 heavy (non-hydrogen) atoms. The third kappa shape index (κ3) is 8.02. The van der Waals surface area contributed by atoms with Gasteiger partial charge < -0.3 is 14.4 Å². The van der Waals surface area contributed by atoms with Crippen molar-refractivity contribution in [3.05, 3.63) is 105 Å². The first-order valence-electron chi connectivity index (χ1n) is 18.0. The van der Waals surface area contributed by atoms with E-state index in [1.165, 1.54) is 11.1 Å². The average Bonchev–Trinajstić information content (AvgIpc) is 3.25. The molecule has 0 saturated heterocycles. The molecule has 2 heterocycles. The van der Waals surface area contributed by atoms with Crippen LogP contribution in [0.5, 0.6) is 5.75 Å². The Morgan fingerprint density at radius 1 is 1.08 bits per heavy atom. The molecule has 2 aliphatic carbocycles. The fourth-order valence-electron chi connectivity index (χ4n) is 8.25. The third-order valence-electron chi connectivity index (χ3n) is 11.1. The quantitative estimate of drug-likeness (QED) is 0.265. The van der Waals surface area contributed by atoms with E-state index in [0.29, 0.717) is 54.0 Å². The molecule has 1 N–H and O–H groups in total. The number of nitrogens with zero attached hydrogens (tertiary/aromatic N) is 2. The fraction of sp³-hybridized carbons (Fsp3) is 0.450. The topological polar surface area (TPSA) is 97.3 Å². The summed E-state index contributed by atoms with van der Waals surface area (Å²) < 4.78 is 33.8. The van der Waals surface area contributed by atoms with Crippen LogP contribution in [0.2, 0.25) is 10.0 Å². The molecule has 0 radical (unpaired) electrons. The van der Waals surface area contributed by atoms with Gasteiger partial charge in [0.1, 0.15) is 15.7 Å². The number of ether oxygens (including phenoxy) is 2. The van der Waals surface area contributed by atoms with Crippen LogP contribution in [0, 0.1) is 11.8 Å². The zero-order valence-electron chi connectivity index (χ0n) is 29.0. The summed E-state index contributed by atoms with van der Waals surface area (Å²) in [5, 5.41) is 1.36. The second-order valence-corrected chi connectivity index (χ2v) is 17.4. The van der Waals surface area contributed by atoms with E-state index < -0.39 is 21.7 Å². The summed E-state index contributed by atoms with van der Waals surface area (Å²) in [6, 6.07) is 18.9. The van der Waals surface area contributed by atoms with Crippen molar-refractivity contribution in [1.29, 1.82) is 0 Å². The largest absolute Gasteiger partial charge is 0.490 e. The highest BCUT2D eigenvalue weighted by Gasteiger charge is 2.44. The number of anilines is 1. The number of hydrogen-bond acceptors (Lipinski definition) is 6. The number of carbonyl (C=O) groups is 2. The highest BCUT2D eigenvalue weighted by molar-refractivity contribution is 7.92. The van der Waals surface area contributed by atoms with Gasteiger partial charge in [-0.25, -0.2) is 4.21 Å². The second-order valence-electron chi connectivity index (χ2n) is 14.5. The van der Waals surface area contributed by atoms with Crippen LogP contribution < -0.4 is 14.4 Å². The van der Waals surface area contributed by atoms with Gasteiger partial charge in [-0.1, -0.05) is 53.6 Å². The van der Waals surface area contributed by atoms with E-state index in [1.54, 1.807) is 25.3 Å². The Balaban J connectivity index is 1.23. The molecule has 1 spiro atoms. The van der Waals surface area contributed by atoms with Crippen molar-refractivity contribution in [1.82, 2.24) is 4.72 Å². The molecule has 2 amide bonds. The van der Waals surface area contributed by atoms with Gasteiger partial charge in [0.05, 0.1) is 24.2 Å². The molecular formula is C40H45Cl2N3O5S. The number of amides is 2. The monoisotopic (exact) mass is 749 g/mol. The van der Waals surface area contributed by atoms with E-state index in [2.05, 4.69) is 38.3 Å². The van der Waals surface area contributed by atoms with E-state index in [-0.39, 0.29) is 23.7 Å². The first kappa shape index (κ1) is 36.0. The summed E-state index contributed by atoms with van der Waals surface area (Å²) in [5.41, 5.74) is 4.36. The number of benzene rings is 3. The molecular weight excluding hydrogens is 705 g/mol. The number of methoxy groups -OCH3 is 1. The molecule has 1 fully saturated rings.